The number of hydrogen-bond donors (Lipinski definition) is 2. The van der Waals surface area contributed by atoms with Crippen LogP contribution in [0.2, 0.25) is 0 Å². The molecule has 0 bridgehead atoms. The van der Waals surface area contributed by atoms with Crippen LogP contribution in [0.15, 0.2) is 42.5 Å². The Morgan fingerprint density at radius 3 is 2.48 bits per heavy atom. The van der Waals surface area contributed by atoms with Crippen LogP contribution in [-0.2, 0) is 19.6 Å². The molecule has 144 valence electrons. The maximum Gasteiger partial charge on any atom is 0.338 e. The van der Waals surface area contributed by atoms with Crippen molar-refractivity contribution in [1.82, 2.24) is 0 Å². The van der Waals surface area contributed by atoms with Crippen molar-refractivity contribution >= 4 is 33.3 Å². The molecule has 2 aromatic carbocycles. The molecule has 0 spiro atoms. The molecule has 0 saturated heterocycles. The molecule has 2 N–H and O–H groups in total. The van der Waals surface area contributed by atoms with Gasteiger partial charge in [-0.15, -0.1) is 0 Å². The maximum atomic E-state index is 13.6. The first-order valence-electron chi connectivity index (χ1n) is 7.60. The predicted molar refractivity (Wildman–Crippen MR) is 94.8 cm³/mol. The van der Waals surface area contributed by atoms with E-state index in [0.29, 0.717) is 0 Å². The summed E-state index contributed by atoms with van der Waals surface area (Å²) in [5.74, 6) is -3.35. The lowest BCUT2D eigenvalue weighted by Crippen LogP contribution is -2.30. The van der Waals surface area contributed by atoms with E-state index in [9.17, 15) is 26.8 Å². The number of halogens is 2. The zero-order valence-corrected chi connectivity index (χ0v) is 15.1. The van der Waals surface area contributed by atoms with Crippen molar-refractivity contribution in [2.24, 2.45) is 0 Å². The van der Waals surface area contributed by atoms with Crippen LogP contribution in [0.4, 0.5) is 20.2 Å². The van der Waals surface area contributed by atoms with Crippen LogP contribution >= 0.6 is 0 Å². The van der Waals surface area contributed by atoms with E-state index < -0.39 is 39.6 Å². The van der Waals surface area contributed by atoms with Crippen molar-refractivity contribution in [3.8, 4) is 0 Å². The Hall–Kier alpha value is -3.01. The molecule has 0 unspecified atom stereocenters. The average molecular weight is 398 g/mol. The third-order valence-electron chi connectivity index (χ3n) is 3.24. The predicted octanol–water partition coefficient (Wildman–Crippen LogP) is 2.52. The van der Waals surface area contributed by atoms with E-state index in [1.54, 1.807) is 0 Å². The number of esters is 1. The van der Waals surface area contributed by atoms with E-state index in [2.05, 4.69) is 10.0 Å². The first-order valence-corrected chi connectivity index (χ1v) is 9.49. The molecule has 0 radical (unpaired) electrons. The van der Waals surface area contributed by atoms with Gasteiger partial charge in [-0.25, -0.2) is 22.0 Å². The number of hydrogen-bond acceptors (Lipinski definition) is 5. The first kappa shape index (κ1) is 20.3. The lowest BCUT2D eigenvalue weighted by Gasteiger charge is -2.14. The van der Waals surface area contributed by atoms with E-state index >= 15 is 0 Å². The molecule has 2 rings (SSSR count). The van der Waals surface area contributed by atoms with Crippen molar-refractivity contribution in [3.63, 3.8) is 0 Å². The topological polar surface area (TPSA) is 102 Å². The van der Waals surface area contributed by atoms with Gasteiger partial charge in [-0.1, -0.05) is 6.07 Å². The molecule has 10 heteroatoms. The fourth-order valence-corrected chi connectivity index (χ4v) is 2.59. The zero-order valence-electron chi connectivity index (χ0n) is 14.3. The highest BCUT2D eigenvalue weighted by atomic mass is 32.2. The average Bonchev–Trinajstić information content (AvgIpc) is 2.56. The van der Waals surface area contributed by atoms with Crippen LogP contribution in [0.25, 0.3) is 0 Å². The van der Waals surface area contributed by atoms with Gasteiger partial charge in [0.05, 0.1) is 17.5 Å². The Morgan fingerprint density at radius 2 is 1.81 bits per heavy atom. The summed E-state index contributed by atoms with van der Waals surface area (Å²) in [6, 6.07) is 8.00. The molecular formula is C17H16F2N2O5S. The zero-order chi connectivity index (χ0) is 20.2. The number of carbonyl (C=O) groups is 2. The summed E-state index contributed by atoms with van der Waals surface area (Å²) in [5, 5.41) is 2.13. The number of sulfonamides is 1. The Morgan fingerprint density at radius 1 is 1.11 bits per heavy atom. The summed E-state index contributed by atoms with van der Waals surface area (Å²) < 4.78 is 56.3. The van der Waals surface area contributed by atoms with E-state index in [1.807, 2.05) is 0 Å². The molecule has 7 nitrogen and oxygen atoms in total. The number of rotatable bonds is 6. The van der Waals surface area contributed by atoms with Gasteiger partial charge < -0.3 is 10.1 Å². The lowest BCUT2D eigenvalue weighted by atomic mass is 10.2. The third-order valence-corrected chi connectivity index (χ3v) is 3.85. The molecule has 0 saturated carbocycles. The van der Waals surface area contributed by atoms with Crippen LogP contribution in [0.3, 0.4) is 0 Å². The van der Waals surface area contributed by atoms with Crippen LogP contribution in [0, 0.1) is 11.6 Å². The number of carbonyl (C=O) groups excluding carboxylic acids is 2. The fourth-order valence-electron chi connectivity index (χ4n) is 2.03. The highest BCUT2D eigenvalue weighted by molar-refractivity contribution is 7.92. The van der Waals surface area contributed by atoms with Crippen molar-refractivity contribution in [2.75, 3.05) is 16.3 Å². The minimum absolute atomic E-state index is 0.000219. The van der Waals surface area contributed by atoms with Crippen molar-refractivity contribution < 1.29 is 31.5 Å². The Balaban J connectivity index is 2.05. The minimum Gasteiger partial charge on any atom is -0.449 e. The monoisotopic (exact) mass is 398 g/mol. The minimum atomic E-state index is -3.53. The molecule has 0 aromatic heterocycles. The smallest absolute Gasteiger partial charge is 0.338 e. The summed E-state index contributed by atoms with van der Waals surface area (Å²) >= 11 is 0. The third kappa shape index (κ3) is 6.03. The second-order valence-corrected chi connectivity index (χ2v) is 7.36. The van der Waals surface area contributed by atoms with Crippen LogP contribution in [-0.4, -0.2) is 32.7 Å². The van der Waals surface area contributed by atoms with Gasteiger partial charge in [0.2, 0.25) is 10.0 Å². The number of benzene rings is 2. The second-order valence-electron chi connectivity index (χ2n) is 5.62. The molecular weight excluding hydrogens is 382 g/mol. The number of nitrogens with one attached hydrogen (secondary N) is 2. The van der Waals surface area contributed by atoms with Gasteiger partial charge in [-0.05, 0) is 37.3 Å². The fraction of sp³-hybridized carbons (Fsp3) is 0.176. The SMILES string of the molecule is C[C@H](OC(=O)c1cccc(NS(C)(=O)=O)c1)C(=O)Nc1cc(F)ccc1F. The maximum absolute atomic E-state index is 13.6. The van der Waals surface area contributed by atoms with Gasteiger partial charge >= 0.3 is 5.97 Å². The molecule has 27 heavy (non-hydrogen) atoms. The van der Waals surface area contributed by atoms with Crippen molar-refractivity contribution in [3.05, 3.63) is 59.7 Å². The number of amides is 1. The highest BCUT2D eigenvalue weighted by Crippen LogP contribution is 2.17. The summed E-state index contributed by atoms with van der Waals surface area (Å²) in [6.45, 7) is 1.25. The highest BCUT2D eigenvalue weighted by Gasteiger charge is 2.20. The molecule has 0 aliphatic carbocycles. The Labute approximate surface area is 154 Å². The lowest BCUT2D eigenvalue weighted by molar-refractivity contribution is -0.123. The van der Waals surface area contributed by atoms with Gasteiger partial charge in [0.25, 0.3) is 5.91 Å². The van der Waals surface area contributed by atoms with E-state index in [-0.39, 0.29) is 16.9 Å². The van der Waals surface area contributed by atoms with Crippen molar-refractivity contribution in [2.45, 2.75) is 13.0 Å². The number of ether oxygens (including phenoxy) is 1. The molecule has 1 amide bonds. The standard InChI is InChI=1S/C17H16F2N2O5S/c1-10(16(22)20-15-9-12(18)6-7-14(15)19)26-17(23)11-4-3-5-13(8-11)21-27(2,24)25/h3-10,21H,1-2H3,(H,20,22)/t10-/m0/s1. The van der Waals surface area contributed by atoms with Gasteiger partial charge in [-0.3, -0.25) is 9.52 Å². The van der Waals surface area contributed by atoms with E-state index in [0.717, 1.165) is 24.5 Å². The Kier molecular flexibility index (Phi) is 6.11. The van der Waals surface area contributed by atoms with Gasteiger partial charge in [0.15, 0.2) is 6.10 Å². The quantitative estimate of drug-likeness (QED) is 0.728. The summed E-state index contributed by atoms with van der Waals surface area (Å²) in [4.78, 5) is 24.2. The molecule has 0 aliphatic rings. The molecule has 0 aliphatic heterocycles. The first-order chi connectivity index (χ1) is 12.5. The van der Waals surface area contributed by atoms with Crippen LogP contribution in [0.1, 0.15) is 17.3 Å². The van der Waals surface area contributed by atoms with Gasteiger partial charge in [-0.2, -0.15) is 0 Å². The largest absolute Gasteiger partial charge is 0.449 e. The summed E-state index contributed by atoms with van der Waals surface area (Å²) in [7, 11) is -3.53. The molecule has 0 fully saturated rings. The molecule has 0 heterocycles. The Bertz CT molecular complexity index is 979. The summed E-state index contributed by atoms with van der Waals surface area (Å²) in [6.07, 6.45) is -0.359. The van der Waals surface area contributed by atoms with Crippen molar-refractivity contribution in [1.29, 1.82) is 0 Å². The van der Waals surface area contributed by atoms with Gasteiger partial charge in [0, 0.05) is 11.8 Å². The van der Waals surface area contributed by atoms with E-state index in [1.165, 1.54) is 31.2 Å². The van der Waals surface area contributed by atoms with Gasteiger partial charge in [0.1, 0.15) is 11.6 Å². The van der Waals surface area contributed by atoms with E-state index in [4.69, 9.17) is 4.74 Å². The van der Waals surface area contributed by atoms with Crippen LogP contribution in [0.5, 0.6) is 0 Å². The number of anilines is 2. The normalized spacial score (nSPS) is 12.1. The second kappa shape index (κ2) is 8.12. The molecule has 1 atom stereocenters. The summed E-state index contributed by atoms with van der Waals surface area (Å²) in [5.41, 5.74) is -0.242. The molecule has 2 aromatic rings. The van der Waals surface area contributed by atoms with Crippen LogP contribution < -0.4 is 10.0 Å².